The van der Waals surface area contributed by atoms with E-state index in [2.05, 4.69) is 9.62 Å². The normalized spacial score (nSPS) is 20.2. The number of benzene rings is 1. The summed E-state index contributed by atoms with van der Waals surface area (Å²) in [6, 6.07) is 5.84. The lowest BCUT2D eigenvalue weighted by atomic mass is 10.1. The lowest BCUT2D eigenvalue weighted by Crippen LogP contribution is -2.48. The van der Waals surface area contributed by atoms with Crippen LogP contribution in [0.2, 0.25) is 0 Å². The molecule has 2 rings (SSSR count). The average molecular weight is 330 g/mol. The SMILES string of the molecule is COCCN1CCCC(NS(=O)(=O)Cc2ccccc2F)C1. The Hall–Kier alpha value is -1.02. The summed E-state index contributed by atoms with van der Waals surface area (Å²) in [5, 5.41) is 0. The zero-order valence-corrected chi connectivity index (χ0v) is 13.6. The number of nitrogens with zero attached hydrogens (tertiary/aromatic N) is 1. The average Bonchev–Trinajstić information content (AvgIpc) is 2.47. The molecular weight excluding hydrogens is 307 g/mol. The van der Waals surface area contributed by atoms with Gasteiger partial charge in [-0.25, -0.2) is 17.5 Å². The van der Waals surface area contributed by atoms with Crippen molar-refractivity contribution in [1.29, 1.82) is 0 Å². The molecule has 0 spiro atoms. The smallest absolute Gasteiger partial charge is 0.216 e. The second-order valence-corrected chi connectivity index (χ2v) is 7.35. The van der Waals surface area contributed by atoms with Crippen LogP contribution in [-0.4, -0.2) is 52.7 Å². The van der Waals surface area contributed by atoms with Gasteiger partial charge in [0, 0.05) is 31.8 Å². The van der Waals surface area contributed by atoms with E-state index < -0.39 is 15.8 Å². The molecule has 0 radical (unpaired) electrons. The van der Waals surface area contributed by atoms with E-state index in [0.29, 0.717) is 13.2 Å². The molecule has 0 saturated carbocycles. The molecule has 1 heterocycles. The lowest BCUT2D eigenvalue weighted by Gasteiger charge is -2.32. The van der Waals surface area contributed by atoms with E-state index in [1.807, 2.05) is 0 Å². The van der Waals surface area contributed by atoms with E-state index in [4.69, 9.17) is 4.74 Å². The minimum absolute atomic E-state index is 0.123. The van der Waals surface area contributed by atoms with E-state index in [1.165, 1.54) is 12.1 Å². The summed E-state index contributed by atoms with van der Waals surface area (Å²) in [5.74, 6) is -0.813. The molecule has 1 aromatic carbocycles. The molecule has 0 aliphatic carbocycles. The van der Waals surface area contributed by atoms with E-state index >= 15 is 0 Å². The van der Waals surface area contributed by atoms with Crippen molar-refractivity contribution in [3.8, 4) is 0 Å². The first-order chi connectivity index (χ1) is 10.5. The van der Waals surface area contributed by atoms with Crippen LogP contribution in [0.5, 0.6) is 0 Å². The molecule has 7 heteroatoms. The van der Waals surface area contributed by atoms with Gasteiger partial charge in [0.2, 0.25) is 10.0 Å². The van der Waals surface area contributed by atoms with Crippen molar-refractivity contribution in [1.82, 2.24) is 9.62 Å². The van der Waals surface area contributed by atoms with Crippen molar-refractivity contribution in [2.75, 3.05) is 33.4 Å². The van der Waals surface area contributed by atoms with Gasteiger partial charge in [0.1, 0.15) is 5.82 Å². The Labute approximate surface area is 131 Å². The maximum atomic E-state index is 13.6. The maximum absolute atomic E-state index is 13.6. The van der Waals surface area contributed by atoms with Crippen LogP contribution in [-0.2, 0) is 20.5 Å². The van der Waals surface area contributed by atoms with Crippen LogP contribution in [0.1, 0.15) is 18.4 Å². The minimum Gasteiger partial charge on any atom is -0.383 e. The fraction of sp³-hybridized carbons (Fsp3) is 0.600. The van der Waals surface area contributed by atoms with Crippen LogP contribution >= 0.6 is 0 Å². The number of hydrogen-bond donors (Lipinski definition) is 1. The van der Waals surface area contributed by atoms with Gasteiger partial charge in [-0.05, 0) is 25.5 Å². The Balaban J connectivity index is 1.92. The van der Waals surface area contributed by atoms with Crippen molar-refractivity contribution in [3.63, 3.8) is 0 Å². The summed E-state index contributed by atoms with van der Waals surface area (Å²) in [7, 11) is -1.90. The highest BCUT2D eigenvalue weighted by atomic mass is 32.2. The van der Waals surface area contributed by atoms with Crippen LogP contribution < -0.4 is 4.72 Å². The van der Waals surface area contributed by atoms with Crippen molar-refractivity contribution >= 4 is 10.0 Å². The van der Waals surface area contributed by atoms with Gasteiger partial charge < -0.3 is 4.74 Å². The summed E-state index contributed by atoms with van der Waals surface area (Å²) in [6.07, 6.45) is 1.75. The number of nitrogens with one attached hydrogen (secondary N) is 1. The molecule has 124 valence electrons. The van der Waals surface area contributed by atoms with E-state index in [-0.39, 0.29) is 17.4 Å². The van der Waals surface area contributed by atoms with Crippen molar-refractivity contribution in [2.45, 2.75) is 24.6 Å². The van der Waals surface area contributed by atoms with Gasteiger partial charge in [-0.1, -0.05) is 18.2 Å². The highest BCUT2D eigenvalue weighted by Gasteiger charge is 2.24. The Morgan fingerprint density at radius 1 is 1.41 bits per heavy atom. The highest BCUT2D eigenvalue weighted by molar-refractivity contribution is 7.88. The van der Waals surface area contributed by atoms with Crippen LogP contribution in [0, 0.1) is 5.82 Å². The first-order valence-electron chi connectivity index (χ1n) is 7.45. The van der Waals surface area contributed by atoms with Gasteiger partial charge >= 0.3 is 0 Å². The highest BCUT2D eigenvalue weighted by Crippen LogP contribution is 2.14. The van der Waals surface area contributed by atoms with Gasteiger partial charge in [0.15, 0.2) is 0 Å². The maximum Gasteiger partial charge on any atom is 0.216 e. The number of piperidine rings is 1. The number of ether oxygens (including phenoxy) is 1. The molecule has 0 bridgehead atoms. The molecule has 1 N–H and O–H groups in total. The first kappa shape index (κ1) is 17.3. The zero-order valence-electron chi connectivity index (χ0n) is 12.8. The number of rotatable bonds is 7. The van der Waals surface area contributed by atoms with Gasteiger partial charge in [-0.15, -0.1) is 0 Å². The van der Waals surface area contributed by atoms with Crippen LogP contribution in [0.4, 0.5) is 4.39 Å². The van der Waals surface area contributed by atoms with Crippen LogP contribution in [0.3, 0.4) is 0 Å². The molecule has 0 amide bonds. The van der Waals surface area contributed by atoms with Crippen molar-refractivity contribution in [3.05, 3.63) is 35.6 Å². The third-order valence-corrected chi connectivity index (χ3v) is 5.15. The quantitative estimate of drug-likeness (QED) is 0.820. The zero-order chi connectivity index (χ0) is 16.0. The van der Waals surface area contributed by atoms with Crippen molar-refractivity contribution in [2.24, 2.45) is 0 Å². The summed E-state index contributed by atoms with van der Waals surface area (Å²) >= 11 is 0. The number of likely N-dealkylation sites (tertiary alicyclic amines) is 1. The second kappa shape index (κ2) is 8.01. The van der Waals surface area contributed by atoms with Gasteiger partial charge in [-0.3, -0.25) is 4.90 Å². The monoisotopic (exact) mass is 330 g/mol. The predicted molar refractivity (Wildman–Crippen MR) is 83.5 cm³/mol. The molecule has 1 aliphatic heterocycles. The van der Waals surface area contributed by atoms with Gasteiger partial charge in [0.05, 0.1) is 12.4 Å². The fourth-order valence-corrected chi connectivity index (χ4v) is 4.12. The molecule has 22 heavy (non-hydrogen) atoms. The third kappa shape index (κ3) is 5.31. The van der Waals surface area contributed by atoms with Gasteiger partial charge in [0.25, 0.3) is 0 Å². The minimum atomic E-state index is -3.55. The number of methoxy groups -OCH3 is 1. The van der Waals surface area contributed by atoms with E-state index in [1.54, 1.807) is 19.2 Å². The lowest BCUT2D eigenvalue weighted by molar-refractivity contribution is 0.126. The number of hydrogen-bond acceptors (Lipinski definition) is 4. The molecular formula is C15H23FN2O3S. The molecule has 1 atom stereocenters. The second-order valence-electron chi connectivity index (χ2n) is 5.60. The molecule has 1 saturated heterocycles. The fourth-order valence-electron chi connectivity index (χ4n) is 2.69. The number of sulfonamides is 1. The Bertz CT molecular complexity index is 580. The van der Waals surface area contributed by atoms with Crippen molar-refractivity contribution < 1.29 is 17.5 Å². The molecule has 1 aromatic rings. The molecule has 0 aromatic heterocycles. The molecule has 1 aliphatic rings. The predicted octanol–water partition coefficient (Wildman–Crippen LogP) is 1.36. The first-order valence-corrected chi connectivity index (χ1v) is 9.10. The Morgan fingerprint density at radius 3 is 2.91 bits per heavy atom. The Kier molecular flexibility index (Phi) is 6.31. The van der Waals surface area contributed by atoms with Crippen LogP contribution in [0.25, 0.3) is 0 Å². The molecule has 1 fully saturated rings. The summed E-state index contributed by atoms with van der Waals surface area (Å²) in [6.45, 7) is 3.05. The van der Waals surface area contributed by atoms with Gasteiger partial charge in [-0.2, -0.15) is 0 Å². The summed E-state index contributed by atoms with van der Waals surface area (Å²) in [5.41, 5.74) is 0.196. The Morgan fingerprint density at radius 2 is 2.18 bits per heavy atom. The standard InChI is InChI=1S/C15H23FN2O3S/c1-21-10-9-18-8-4-6-14(11-18)17-22(19,20)12-13-5-2-3-7-15(13)16/h2-3,5,7,14,17H,4,6,8-12H2,1H3. The van der Waals surface area contributed by atoms with Crippen LogP contribution in [0.15, 0.2) is 24.3 Å². The number of halogens is 1. The van der Waals surface area contributed by atoms with E-state index in [9.17, 15) is 12.8 Å². The topological polar surface area (TPSA) is 58.6 Å². The molecule has 5 nitrogen and oxygen atoms in total. The van der Waals surface area contributed by atoms with E-state index in [0.717, 1.165) is 25.9 Å². The molecule has 1 unspecified atom stereocenters. The largest absolute Gasteiger partial charge is 0.383 e. The summed E-state index contributed by atoms with van der Waals surface area (Å²) < 4.78 is 45.8. The third-order valence-electron chi connectivity index (χ3n) is 3.77. The summed E-state index contributed by atoms with van der Waals surface area (Å²) in [4.78, 5) is 2.18.